The molecule has 0 radical (unpaired) electrons. The molecule has 0 saturated heterocycles. The molecule has 0 amide bonds. The van der Waals surface area contributed by atoms with Gasteiger partial charge in [-0.2, -0.15) is 0 Å². The molecule has 0 saturated carbocycles. The van der Waals surface area contributed by atoms with Gasteiger partial charge in [-0.25, -0.2) is 0 Å². The Morgan fingerprint density at radius 3 is 2.67 bits per heavy atom. The first-order valence-electron chi connectivity index (χ1n) is 4.83. The van der Waals surface area contributed by atoms with Gasteiger partial charge in [0.15, 0.2) is 0 Å². The summed E-state index contributed by atoms with van der Waals surface area (Å²) in [5.74, 6) is 0. The summed E-state index contributed by atoms with van der Waals surface area (Å²) < 4.78 is 6.33. The second-order valence-electron chi connectivity index (χ2n) is 3.66. The Kier molecular flexibility index (Phi) is 5.06. The van der Waals surface area contributed by atoms with Crippen molar-refractivity contribution in [2.75, 3.05) is 6.61 Å². The molecule has 0 heterocycles. The van der Waals surface area contributed by atoms with Gasteiger partial charge in [0.2, 0.25) is 0 Å². The Hall–Kier alpha value is -0.0900. The minimum Gasteiger partial charge on any atom is -0.377 e. The van der Waals surface area contributed by atoms with E-state index in [1.54, 1.807) is 0 Å². The molecule has 0 aromatic heterocycles. The van der Waals surface area contributed by atoms with E-state index in [1.165, 1.54) is 0 Å². The molecule has 0 aliphatic rings. The number of nitrogens with two attached hydrogens (primary N) is 1. The van der Waals surface area contributed by atoms with Crippen LogP contribution in [-0.4, -0.2) is 12.7 Å². The zero-order valence-corrected chi connectivity index (χ0v) is 11.2. The van der Waals surface area contributed by atoms with Crippen LogP contribution < -0.4 is 5.73 Å². The van der Waals surface area contributed by atoms with Gasteiger partial charge in [0.25, 0.3) is 0 Å². The van der Waals surface area contributed by atoms with Gasteiger partial charge in [-0.1, -0.05) is 17.7 Å². The summed E-state index contributed by atoms with van der Waals surface area (Å²) in [5.41, 5.74) is 6.95. The lowest BCUT2D eigenvalue weighted by molar-refractivity contribution is 0.0683. The minimum absolute atomic E-state index is 0.127. The number of rotatable bonds is 4. The van der Waals surface area contributed by atoms with Gasteiger partial charge >= 0.3 is 0 Å². The largest absolute Gasteiger partial charge is 0.377 e. The molecule has 0 spiro atoms. The third kappa shape index (κ3) is 4.11. The van der Waals surface area contributed by atoms with Crippen LogP contribution in [0.3, 0.4) is 0 Å². The number of halogens is 2. The summed E-state index contributed by atoms with van der Waals surface area (Å²) in [6.45, 7) is 4.48. The summed E-state index contributed by atoms with van der Waals surface area (Å²) >= 11 is 9.31. The van der Waals surface area contributed by atoms with Crippen molar-refractivity contribution in [3.05, 3.63) is 33.3 Å². The molecule has 84 valence electrons. The van der Waals surface area contributed by atoms with E-state index in [2.05, 4.69) is 15.9 Å². The second kappa shape index (κ2) is 5.85. The van der Waals surface area contributed by atoms with E-state index in [0.29, 0.717) is 11.6 Å². The smallest absolute Gasteiger partial charge is 0.0662 e. The van der Waals surface area contributed by atoms with E-state index in [1.807, 2.05) is 32.0 Å². The maximum atomic E-state index is 5.98. The normalized spacial score (nSPS) is 13.2. The van der Waals surface area contributed by atoms with Crippen molar-refractivity contribution in [2.45, 2.75) is 26.0 Å². The molecule has 0 aliphatic heterocycles. The van der Waals surface area contributed by atoms with E-state index >= 15 is 0 Å². The molecule has 1 unspecified atom stereocenters. The van der Waals surface area contributed by atoms with Crippen molar-refractivity contribution >= 4 is 27.5 Å². The average molecular weight is 293 g/mol. The molecule has 1 rings (SSSR count). The Balaban J connectivity index is 2.65. The Morgan fingerprint density at radius 1 is 1.47 bits per heavy atom. The average Bonchev–Trinajstić information content (AvgIpc) is 2.18. The molecular formula is C11H15BrClNO. The number of benzene rings is 1. The van der Waals surface area contributed by atoms with Crippen LogP contribution in [0.1, 0.15) is 25.5 Å². The molecule has 0 aliphatic carbocycles. The summed E-state index contributed by atoms with van der Waals surface area (Å²) in [6.07, 6.45) is 0.196. The van der Waals surface area contributed by atoms with Crippen LogP contribution in [0, 0.1) is 0 Å². The fourth-order valence-corrected chi connectivity index (χ4v) is 1.57. The van der Waals surface area contributed by atoms with E-state index in [9.17, 15) is 0 Å². The van der Waals surface area contributed by atoms with Gasteiger partial charge < -0.3 is 10.5 Å². The van der Waals surface area contributed by atoms with Gasteiger partial charge in [0.05, 0.1) is 23.8 Å². The molecule has 1 atom stereocenters. The van der Waals surface area contributed by atoms with Crippen molar-refractivity contribution in [1.29, 1.82) is 0 Å². The standard InChI is InChI=1S/C11H15BrClNO/c1-7(2)15-6-11(14)8-3-4-9(12)10(13)5-8/h3-5,7,11H,6,14H2,1-2H3. The van der Waals surface area contributed by atoms with Gasteiger partial charge in [0, 0.05) is 4.47 Å². The quantitative estimate of drug-likeness (QED) is 0.921. The first kappa shape index (κ1) is 13.0. The highest BCUT2D eigenvalue weighted by atomic mass is 79.9. The topological polar surface area (TPSA) is 35.2 Å². The van der Waals surface area contributed by atoms with Gasteiger partial charge in [-0.3, -0.25) is 0 Å². The van der Waals surface area contributed by atoms with Crippen molar-refractivity contribution in [2.24, 2.45) is 5.73 Å². The molecule has 0 fully saturated rings. The lowest BCUT2D eigenvalue weighted by atomic mass is 10.1. The van der Waals surface area contributed by atoms with Crippen LogP contribution >= 0.6 is 27.5 Å². The van der Waals surface area contributed by atoms with Crippen molar-refractivity contribution in [1.82, 2.24) is 0 Å². The van der Waals surface area contributed by atoms with Gasteiger partial charge in [0.1, 0.15) is 0 Å². The van der Waals surface area contributed by atoms with Gasteiger partial charge in [-0.05, 0) is 47.5 Å². The SMILES string of the molecule is CC(C)OCC(N)c1ccc(Br)c(Cl)c1. The lowest BCUT2D eigenvalue weighted by Crippen LogP contribution is -2.19. The highest BCUT2D eigenvalue weighted by Gasteiger charge is 2.08. The van der Waals surface area contributed by atoms with Crippen LogP contribution in [0.15, 0.2) is 22.7 Å². The van der Waals surface area contributed by atoms with E-state index in [-0.39, 0.29) is 12.1 Å². The number of hydrogen-bond acceptors (Lipinski definition) is 2. The lowest BCUT2D eigenvalue weighted by Gasteiger charge is -2.15. The molecule has 0 bridgehead atoms. The molecule has 15 heavy (non-hydrogen) atoms. The molecule has 2 nitrogen and oxygen atoms in total. The van der Waals surface area contributed by atoms with Crippen molar-refractivity contribution in [3.63, 3.8) is 0 Å². The summed E-state index contributed by atoms with van der Waals surface area (Å²) in [7, 11) is 0. The third-order valence-electron chi connectivity index (χ3n) is 1.98. The van der Waals surface area contributed by atoms with E-state index in [0.717, 1.165) is 10.0 Å². The number of ether oxygens (including phenoxy) is 1. The van der Waals surface area contributed by atoms with E-state index < -0.39 is 0 Å². The molecule has 1 aromatic carbocycles. The fraction of sp³-hybridized carbons (Fsp3) is 0.455. The maximum absolute atomic E-state index is 5.98. The number of hydrogen-bond donors (Lipinski definition) is 1. The minimum atomic E-state index is -0.127. The van der Waals surface area contributed by atoms with Crippen LogP contribution in [0.25, 0.3) is 0 Å². The van der Waals surface area contributed by atoms with E-state index in [4.69, 9.17) is 22.1 Å². The first-order chi connectivity index (χ1) is 7.00. The highest BCUT2D eigenvalue weighted by molar-refractivity contribution is 9.10. The maximum Gasteiger partial charge on any atom is 0.0662 e. The fourth-order valence-electron chi connectivity index (χ4n) is 1.14. The van der Waals surface area contributed by atoms with Crippen LogP contribution in [-0.2, 0) is 4.74 Å². The molecule has 1 aromatic rings. The summed E-state index contributed by atoms with van der Waals surface area (Å²) in [6, 6.07) is 5.58. The Morgan fingerprint density at radius 2 is 2.13 bits per heavy atom. The second-order valence-corrected chi connectivity index (χ2v) is 4.92. The predicted molar refractivity (Wildman–Crippen MR) is 67.2 cm³/mol. The van der Waals surface area contributed by atoms with Crippen LogP contribution in [0.2, 0.25) is 5.02 Å². The Labute approximate surface area is 104 Å². The predicted octanol–water partition coefficient (Wildman–Crippen LogP) is 3.53. The zero-order valence-electron chi connectivity index (χ0n) is 8.84. The summed E-state index contributed by atoms with van der Waals surface area (Å²) in [4.78, 5) is 0. The van der Waals surface area contributed by atoms with Gasteiger partial charge in [-0.15, -0.1) is 0 Å². The Bertz CT molecular complexity index is 330. The van der Waals surface area contributed by atoms with Crippen LogP contribution in [0.4, 0.5) is 0 Å². The highest BCUT2D eigenvalue weighted by Crippen LogP contribution is 2.25. The monoisotopic (exact) mass is 291 g/mol. The van der Waals surface area contributed by atoms with Crippen LogP contribution in [0.5, 0.6) is 0 Å². The third-order valence-corrected chi connectivity index (χ3v) is 3.21. The molecular weight excluding hydrogens is 277 g/mol. The summed E-state index contributed by atoms with van der Waals surface area (Å²) in [5, 5.41) is 0.674. The first-order valence-corrected chi connectivity index (χ1v) is 6.00. The zero-order chi connectivity index (χ0) is 11.4. The molecule has 4 heteroatoms. The van der Waals surface area contributed by atoms with Crippen molar-refractivity contribution in [3.8, 4) is 0 Å². The molecule has 2 N–H and O–H groups in total. The van der Waals surface area contributed by atoms with Crippen molar-refractivity contribution < 1.29 is 4.74 Å².